The number of anilines is 1. The molecule has 0 bridgehead atoms. The van der Waals surface area contributed by atoms with Crippen LogP contribution in [-0.2, 0) is 0 Å². The fourth-order valence-electron chi connectivity index (χ4n) is 3.55. The molecule has 1 aliphatic rings. The number of rotatable bonds is 3. The molecule has 0 N–H and O–H groups in total. The Balaban J connectivity index is 1.48. The number of benzene rings is 2. The number of fused-ring (bicyclic) bond motifs is 1. The van der Waals surface area contributed by atoms with E-state index in [0.29, 0.717) is 42.0 Å². The van der Waals surface area contributed by atoms with Crippen molar-refractivity contribution < 1.29 is 14.1 Å². The third kappa shape index (κ3) is 3.20. The number of halogens is 1. The number of carbonyl (C=O) groups excluding carboxylic acids is 1. The maximum absolute atomic E-state index is 14.1. The molecule has 2 aromatic carbocycles. The van der Waals surface area contributed by atoms with Gasteiger partial charge in [0.25, 0.3) is 11.6 Å². The third-order valence-corrected chi connectivity index (χ3v) is 6.33. The molecule has 0 radical (unpaired) electrons. The number of nitro groups is 1. The predicted molar refractivity (Wildman–Crippen MR) is 108 cm³/mol. The molecule has 0 aliphatic carbocycles. The van der Waals surface area contributed by atoms with E-state index in [1.807, 2.05) is 6.07 Å². The highest BCUT2D eigenvalue weighted by Crippen LogP contribution is 2.33. The average molecular weight is 399 g/mol. The van der Waals surface area contributed by atoms with E-state index >= 15 is 0 Å². The highest BCUT2D eigenvalue weighted by atomic mass is 32.1. The van der Waals surface area contributed by atoms with Crippen molar-refractivity contribution in [3.05, 3.63) is 68.8 Å². The maximum Gasteiger partial charge on any atom is 0.269 e. The quantitative estimate of drug-likeness (QED) is 0.489. The zero-order valence-electron chi connectivity index (χ0n) is 15.2. The number of non-ortho nitro benzene ring substituents is 1. The molecule has 1 amide bonds. The Morgan fingerprint density at radius 3 is 2.39 bits per heavy atom. The molecule has 2 heterocycles. The monoisotopic (exact) mass is 399 g/mol. The molecule has 1 saturated heterocycles. The van der Waals surface area contributed by atoms with Crippen molar-refractivity contribution in [1.29, 1.82) is 0 Å². The van der Waals surface area contributed by atoms with Crippen LogP contribution in [0, 0.1) is 22.9 Å². The molecule has 3 aromatic rings. The van der Waals surface area contributed by atoms with Crippen molar-refractivity contribution in [2.24, 2.45) is 0 Å². The van der Waals surface area contributed by atoms with E-state index in [4.69, 9.17) is 0 Å². The van der Waals surface area contributed by atoms with E-state index in [2.05, 4.69) is 4.90 Å². The van der Waals surface area contributed by atoms with Gasteiger partial charge in [-0.15, -0.1) is 11.3 Å². The predicted octanol–water partition coefficient (Wildman–Crippen LogP) is 4.22. The lowest BCUT2D eigenvalue weighted by Gasteiger charge is -2.36. The number of piperazine rings is 1. The summed E-state index contributed by atoms with van der Waals surface area (Å²) < 4.78 is 14.9. The Morgan fingerprint density at radius 1 is 1.11 bits per heavy atom. The van der Waals surface area contributed by atoms with E-state index in [0.717, 1.165) is 10.4 Å². The van der Waals surface area contributed by atoms with Crippen LogP contribution in [0.15, 0.2) is 42.5 Å². The van der Waals surface area contributed by atoms with Gasteiger partial charge in [0.2, 0.25) is 0 Å². The van der Waals surface area contributed by atoms with Gasteiger partial charge in [0.15, 0.2) is 0 Å². The number of nitrogens with zero attached hydrogens (tertiary/aromatic N) is 3. The number of carbonyl (C=O) groups is 1. The van der Waals surface area contributed by atoms with E-state index < -0.39 is 4.92 Å². The van der Waals surface area contributed by atoms with Gasteiger partial charge in [0.1, 0.15) is 5.82 Å². The molecule has 8 heteroatoms. The van der Waals surface area contributed by atoms with Crippen LogP contribution < -0.4 is 4.90 Å². The number of nitro benzene ring substituents is 1. The topological polar surface area (TPSA) is 66.7 Å². The molecule has 6 nitrogen and oxygen atoms in total. The van der Waals surface area contributed by atoms with Crippen LogP contribution in [0.2, 0.25) is 0 Å². The minimum absolute atomic E-state index is 0.0602. The van der Waals surface area contributed by atoms with Gasteiger partial charge in [-0.25, -0.2) is 4.39 Å². The third-order valence-electron chi connectivity index (χ3n) is 5.09. The summed E-state index contributed by atoms with van der Waals surface area (Å²) in [5, 5.41) is 11.3. The van der Waals surface area contributed by atoms with Gasteiger partial charge in [0.05, 0.1) is 9.80 Å². The first kappa shape index (κ1) is 18.4. The minimum atomic E-state index is -0.420. The SMILES string of the molecule is Cc1c(C(=O)N2CCN(c3ccc([N+](=O)[O-])cc3)CC2)sc2cccc(F)c12. The van der Waals surface area contributed by atoms with Crippen LogP contribution >= 0.6 is 11.3 Å². The van der Waals surface area contributed by atoms with E-state index in [-0.39, 0.29) is 17.4 Å². The molecule has 1 fully saturated rings. The van der Waals surface area contributed by atoms with Crippen LogP contribution in [0.4, 0.5) is 15.8 Å². The van der Waals surface area contributed by atoms with E-state index in [1.165, 1.54) is 29.5 Å². The Morgan fingerprint density at radius 2 is 1.79 bits per heavy atom. The van der Waals surface area contributed by atoms with Crippen molar-refractivity contribution in [3.8, 4) is 0 Å². The molecule has 4 rings (SSSR count). The zero-order chi connectivity index (χ0) is 19.8. The van der Waals surface area contributed by atoms with E-state index in [9.17, 15) is 19.3 Å². The van der Waals surface area contributed by atoms with Crippen molar-refractivity contribution in [3.63, 3.8) is 0 Å². The standard InChI is InChI=1S/C20H18FN3O3S/c1-13-18-16(21)3-2-4-17(18)28-19(13)20(25)23-11-9-22(10-12-23)14-5-7-15(8-6-14)24(26)27/h2-8H,9-12H2,1H3. The molecule has 144 valence electrons. The molecule has 0 spiro atoms. The first-order valence-electron chi connectivity index (χ1n) is 8.92. The van der Waals surface area contributed by atoms with Gasteiger partial charge in [-0.3, -0.25) is 14.9 Å². The maximum atomic E-state index is 14.1. The lowest BCUT2D eigenvalue weighted by molar-refractivity contribution is -0.384. The lowest BCUT2D eigenvalue weighted by Crippen LogP contribution is -2.48. The molecule has 1 aliphatic heterocycles. The van der Waals surface area contributed by atoms with Gasteiger partial charge in [0, 0.05) is 54.1 Å². The molecule has 1 aromatic heterocycles. The second-order valence-corrected chi connectivity index (χ2v) is 7.77. The van der Waals surface area contributed by atoms with Gasteiger partial charge in [-0.2, -0.15) is 0 Å². The Hall–Kier alpha value is -3.00. The van der Waals surface area contributed by atoms with E-state index in [1.54, 1.807) is 30.0 Å². The molecular formula is C20H18FN3O3S. The first-order chi connectivity index (χ1) is 13.5. The van der Waals surface area contributed by atoms with Crippen LogP contribution in [0.3, 0.4) is 0 Å². The summed E-state index contributed by atoms with van der Waals surface area (Å²) in [4.78, 5) is 27.8. The van der Waals surface area contributed by atoms with Gasteiger partial charge < -0.3 is 9.80 Å². The average Bonchev–Trinajstić information content (AvgIpc) is 3.05. The Kier molecular flexibility index (Phi) is 4.72. The van der Waals surface area contributed by atoms with Crippen LogP contribution in [0.25, 0.3) is 10.1 Å². The molecule has 28 heavy (non-hydrogen) atoms. The van der Waals surface area contributed by atoms with Gasteiger partial charge in [-0.05, 0) is 36.8 Å². The van der Waals surface area contributed by atoms with Crippen molar-refractivity contribution in [2.45, 2.75) is 6.92 Å². The second kappa shape index (κ2) is 7.20. The zero-order valence-corrected chi connectivity index (χ0v) is 16.0. The van der Waals surface area contributed by atoms with Gasteiger partial charge >= 0.3 is 0 Å². The molecule has 0 atom stereocenters. The molecule has 0 saturated carbocycles. The molecule has 0 unspecified atom stereocenters. The number of thiophene rings is 1. The van der Waals surface area contributed by atoms with Gasteiger partial charge in [-0.1, -0.05) is 6.07 Å². The highest BCUT2D eigenvalue weighted by Gasteiger charge is 2.26. The normalized spacial score (nSPS) is 14.5. The van der Waals surface area contributed by atoms with Crippen LogP contribution in [-0.4, -0.2) is 41.9 Å². The largest absolute Gasteiger partial charge is 0.368 e. The number of aryl methyl sites for hydroxylation is 1. The first-order valence-corrected chi connectivity index (χ1v) is 9.73. The number of hydrogen-bond acceptors (Lipinski definition) is 5. The summed E-state index contributed by atoms with van der Waals surface area (Å²) >= 11 is 1.33. The van der Waals surface area contributed by atoms with Crippen molar-refractivity contribution in [1.82, 2.24) is 4.90 Å². The Bertz CT molecular complexity index is 1060. The highest BCUT2D eigenvalue weighted by molar-refractivity contribution is 7.21. The summed E-state index contributed by atoms with van der Waals surface area (Å²) in [5.74, 6) is -0.366. The summed E-state index contributed by atoms with van der Waals surface area (Å²) in [5.41, 5.74) is 1.66. The smallest absolute Gasteiger partial charge is 0.269 e. The van der Waals surface area contributed by atoms with Crippen molar-refractivity contribution >= 4 is 38.7 Å². The second-order valence-electron chi connectivity index (χ2n) is 6.72. The Labute approximate surface area is 164 Å². The summed E-state index contributed by atoms with van der Waals surface area (Å²) in [6.45, 7) is 4.17. The summed E-state index contributed by atoms with van der Waals surface area (Å²) in [6.07, 6.45) is 0. The fourth-order valence-corrected chi connectivity index (χ4v) is 4.74. The van der Waals surface area contributed by atoms with Crippen LogP contribution in [0.5, 0.6) is 0 Å². The lowest BCUT2D eigenvalue weighted by atomic mass is 10.1. The fraction of sp³-hybridized carbons (Fsp3) is 0.250. The van der Waals surface area contributed by atoms with Crippen molar-refractivity contribution in [2.75, 3.05) is 31.1 Å². The summed E-state index contributed by atoms with van der Waals surface area (Å²) in [7, 11) is 0. The molecular weight excluding hydrogens is 381 g/mol. The number of amides is 1. The number of hydrogen-bond donors (Lipinski definition) is 0. The summed E-state index contributed by atoms with van der Waals surface area (Å²) in [6, 6.07) is 11.3. The van der Waals surface area contributed by atoms with Crippen LogP contribution in [0.1, 0.15) is 15.2 Å². The minimum Gasteiger partial charge on any atom is -0.368 e.